The van der Waals surface area contributed by atoms with Crippen LogP contribution < -0.4 is 9.47 Å². The number of aliphatic carboxylic acids is 1. The van der Waals surface area contributed by atoms with Gasteiger partial charge in [0.15, 0.2) is 23.9 Å². The van der Waals surface area contributed by atoms with Gasteiger partial charge < -0.3 is 14.6 Å². The van der Waals surface area contributed by atoms with Gasteiger partial charge in [-0.1, -0.05) is 6.92 Å². The smallest absolute Gasteiger partial charge is 0.341 e. The third-order valence-corrected chi connectivity index (χ3v) is 2.24. The van der Waals surface area contributed by atoms with Crippen molar-refractivity contribution in [3.8, 4) is 11.5 Å². The molecule has 0 amide bonds. The maximum atomic E-state index is 11.6. The SMILES string of the molecule is CCOc1cc(C(=O)CC)ccc1OCC(=O)O. The van der Waals surface area contributed by atoms with Crippen molar-refractivity contribution in [2.24, 2.45) is 0 Å². The normalized spacial score (nSPS) is 9.89. The molecule has 1 aromatic carbocycles. The van der Waals surface area contributed by atoms with Crippen LogP contribution in [0.2, 0.25) is 0 Å². The highest BCUT2D eigenvalue weighted by atomic mass is 16.5. The summed E-state index contributed by atoms with van der Waals surface area (Å²) in [4.78, 5) is 22.0. The lowest BCUT2D eigenvalue weighted by molar-refractivity contribution is -0.139. The van der Waals surface area contributed by atoms with Gasteiger partial charge >= 0.3 is 5.97 Å². The van der Waals surface area contributed by atoms with E-state index in [9.17, 15) is 9.59 Å². The number of Topliss-reactive ketones (excluding diaryl/α,β-unsaturated/α-hetero) is 1. The van der Waals surface area contributed by atoms with Crippen molar-refractivity contribution in [3.63, 3.8) is 0 Å². The zero-order chi connectivity index (χ0) is 13.5. The van der Waals surface area contributed by atoms with Crippen molar-refractivity contribution in [1.29, 1.82) is 0 Å². The molecule has 0 aliphatic carbocycles. The molecule has 98 valence electrons. The maximum absolute atomic E-state index is 11.6. The number of hydrogen-bond donors (Lipinski definition) is 1. The predicted octanol–water partition coefficient (Wildman–Crippen LogP) is 2.14. The Morgan fingerprint density at radius 1 is 1.17 bits per heavy atom. The number of ketones is 1. The molecule has 0 saturated carbocycles. The van der Waals surface area contributed by atoms with Crippen molar-refractivity contribution in [2.45, 2.75) is 20.3 Å². The molecule has 0 radical (unpaired) electrons. The molecule has 0 unspecified atom stereocenters. The molecule has 0 atom stereocenters. The molecule has 5 nitrogen and oxygen atoms in total. The number of benzene rings is 1. The average molecular weight is 252 g/mol. The molecule has 0 heterocycles. The Bertz CT molecular complexity index is 439. The topological polar surface area (TPSA) is 72.8 Å². The van der Waals surface area contributed by atoms with Crippen LogP contribution in [-0.4, -0.2) is 30.1 Å². The summed E-state index contributed by atoms with van der Waals surface area (Å²) in [5.74, 6) is -0.350. The first-order valence-corrected chi connectivity index (χ1v) is 5.73. The zero-order valence-corrected chi connectivity index (χ0v) is 10.4. The van der Waals surface area contributed by atoms with Gasteiger partial charge in [0, 0.05) is 12.0 Å². The lowest BCUT2D eigenvalue weighted by Crippen LogP contribution is -2.10. The fraction of sp³-hybridized carbons (Fsp3) is 0.385. The van der Waals surface area contributed by atoms with Crippen molar-refractivity contribution < 1.29 is 24.2 Å². The van der Waals surface area contributed by atoms with Crippen LogP contribution in [0, 0.1) is 0 Å². The van der Waals surface area contributed by atoms with E-state index < -0.39 is 12.6 Å². The number of rotatable bonds is 7. The fourth-order valence-corrected chi connectivity index (χ4v) is 1.41. The second-order valence-corrected chi connectivity index (χ2v) is 3.55. The molecule has 5 heteroatoms. The molecule has 0 bridgehead atoms. The van der Waals surface area contributed by atoms with Crippen molar-refractivity contribution >= 4 is 11.8 Å². The monoisotopic (exact) mass is 252 g/mol. The van der Waals surface area contributed by atoms with Crippen LogP contribution in [-0.2, 0) is 4.79 Å². The summed E-state index contributed by atoms with van der Waals surface area (Å²) in [6, 6.07) is 4.73. The number of carboxylic acids is 1. The Balaban J connectivity index is 2.96. The highest BCUT2D eigenvalue weighted by Gasteiger charge is 2.11. The Labute approximate surface area is 105 Å². The maximum Gasteiger partial charge on any atom is 0.341 e. The summed E-state index contributed by atoms with van der Waals surface area (Å²) < 4.78 is 10.4. The van der Waals surface area contributed by atoms with E-state index in [0.29, 0.717) is 30.1 Å². The molecule has 0 fully saturated rings. The summed E-state index contributed by atoms with van der Waals surface area (Å²) in [6.07, 6.45) is 0.404. The number of carbonyl (C=O) groups excluding carboxylic acids is 1. The van der Waals surface area contributed by atoms with Crippen LogP contribution in [0.3, 0.4) is 0 Å². The standard InChI is InChI=1S/C13H16O5/c1-3-10(14)9-5-6-11(18-8-13(15)16)12(7-9)17-4-2/h5-7H,3-4,8H2,1-2H3,(H,15,16). The Kier molecular flexibility index (Phi) is 5.17. The molecule has 1 aromatic rings. The van der Waals surface area contributed by atoms with Gasteiger partial charge in [-0.05, 0) is 25.1 Å². The molecule has 1 N–H and O–H groups in total. The number of carbonyl (C=O) groups is 2. The largest absolute Gasteiger partial charge is 0.490 e. The van der Waals surface area contributed by atoms with Crippen molar-refractivity contribution in [3.05, 3.63) is 23.8 Å². The minimum absolute atomic E-state index is 0.000683. The third kappa shape index (κ3) is 3.76. The molecule has 0 spiro atoms. The molecule has 0 aromatic heterocycles. The summed E-state index contributed by atoms with van der Waals surface area (Å²) in [6.45, 7) is 3.54. The van der Waals surface area contributed by atoms with Gasteiger partial charge in [-0.3, -0.25) is 4.79 Å². The molecule has 1 rings (SSSR count). The summed E-state index contributed by atoms with van der Waals surface area (Å²) in [5.41, 5.74) is 0.531. The van der Waals surface area contributed by atoms with E-state index in [-0.39, 0.29) is 5.78 Å². The van der Waals surface area contributed by atoms with E-state index >= 15 is 0 Å². The molecule has 0 aliphatic heterocycles. The minimum Gasteiger partial charge on any atom is -0.490 e. The van der Waals surface area contributed by atoms with Crippen LogP contribution in [0.4, 0.5) is 0 Å². The third-order valence-electron chi connectivity index (χ3n) is 2.24. The molecule has 0 saturated heterocycles. The van der Waals surface area contributed by atoms with Crippen LogP contribution in [0.15, 0.2) is 18.2 Å². The Morgan fingerprint density at radius 2 is 1.89 bits per heavy atom. The van der Waals surface area contributed by atoms with Crippen LogP contribution in [0.25, 0.3) is 0 Å². The lowest BCUT2D eigenvalue weighted by atomic mass is 10.1. The number of carboxylic acid groups (broad SMARTS) is 1. The summed E-state index contributed by atoms with van der Waals surface area (Å²) in [7, 11) is 0. The zero-order valence-electron chi connectivity index (χ0n) is 10.4. The molecule has 0 aliphatic rings. The van der Waals surface area contributed by atoms with Gasteiger partial charge in [-0.2, -0.15) is 0 Å². The first-order valence-electron chi connectivity index (χ1n) is 5.73. The highest BCUT2D eigenvalue weighted by Crippen LogP contribution is 2.28. The van der Waals surface area contributed by atoms with E-state index in [2.05, 4.69) is 0 Å². The summed E-state index contributed by atoms with van der Waals surface area (Å²) in [5, 5.41) is 8.56. The fourth-order valence-electron chi connectivity index (χ4n) is 1.41. The van der Waals surface area contributed by atoms with Gasteiger partial charge in [0.05, 0.1) is 6.61 Å². The second-order valence-electron chi connectivity index (χ2n) is 3.55. The Morgan fingerprint density at radius 3 is 2.44 bits per heavy atom. The van der Waals surface area contributed by atoms with Crippen LogP contribution in [0.1, 0.15) is 30.6 Å². The number of hydrogen-bond acceptors (Lipinski definition) is 4. The highest BCUT2D eigenvalue weighted by molar-refractivity contribution is 5.96. The van der Waals surface area contributed by atoms with E-state index in [0.717, 1.165) is 0 Å². The van der Waals surface area contributed by atoms with Gasteiger partial charge in [-0.25, -0.2) is 4.79 Å². The average Bonchev–Trinajstić information content (AvgIpc) is 2.36. The van der Waals surface area contributed by atoms with Gasteiger partial charge in [0.2, 0.25) is 0 Å². The van der Waals surface area contributed by atoms with Crippen molar-refractivity contribution in [2.75, 3.05) is 13.2 Å². The van der Waals surface area contributed by atoms with Gasteiger partial charge in [0.1, 0.15) is 0 Å². The van der Waals surface area contributed by atoms with Crippen LogP contribution in [0.5, 0.6) is 11.5 Å². The van der Waals surface area contributed by atoms with Crippen molar-refractivity contribution in [1.82, 2.24) is 0 Å². The minimum atomic E-state index is -1.06. The van der Waals surface area contributed by atoms with E-state index in [4.69, 9.17) is 14.6 Å². The van der Waals surface area contributed by atoms with E-state index in [1.165, 1.54) is 0 Å². The van der Waals surface area contributed by atoms with Gasteiger partial charge in [0.25, 0.3) is 0 Å². The Hall–Kier alpha value is -2.04. The van der Waals surface area contributed by atoms with Gasteiger partial charge in [-0.15, -0.1) is 0 Å². The number of ether oxygens (including phenoxy) is 2. The second kappa shape index (κ2) is 6.64. The lowest BCUT2D eigenvalue weighted by Gasteiger charge is -2.11. The van der Waals surface area contributed by atoms with E-state index in [1.807, 2.05) is 0 Å². The molecular weight excluding hydrogens is 236 g/mol. The van der Waals surface area contributed by atoms with Crippen LogP contribution >= 0.6 is 0 Å². The van der Waals surface area contributed by atoms with E-state index in [1.54, 1.807) is 32.0 Å². The first-order chi connectivity index (χ1) is 8.58. The summed E-state index contributed by atoms with van der Waals surface area (Å²) >= 11 is 0. The predicted molar refractivity (Wildman–Crippen MR) is 65.4 cm³/mol. The molecular formula is C13H16O5. The quantitative estimate of drug-likeness (QED) is 0.753. The molecule has 18 heavy (non-hydrogen) atoms. The first kappa shape index (κ1) is 14.0.